The van der Waals surface area contributed by atoms with Gasteiger partial charge in [0.25, 0.3) is 0 Å². The molecule has 0 aromatic rings. The number of carbonyl (C=O) groups excluding carboxylic acids is 1. The van der Waals surface area contributed by atoms with Gasteiger partial charge in [-0.15, -0.1) is 0 Å². The van der Waals surface area contributed by atoms with Crippen molar-refractivity contribution in [3.05, 3.63) is 11.6 Å². The van der Waals surface area contributed by atoms with Gasteiger partial charge in [-0.2, -0.15) is 0 Å². The zero-order chi connectivity index (χ0) is 21.8. The van der Waals surface area contributed by atoms with Crippen LogP contribution >= 0.6 is 0 Å². The van der Waals surface area contributed by atoms with Gasteiger partial charge in [0.1, 0.15) is 0 Å². The second-order valence-corrected chi connectivity index (χ2v) is 11.5. The van der Waals surface area contributed by atoms with Crippen molar-refractivity contribution in [1.82, 2.24) is 0 Å². The maximum atomic E-state index is 13.8. The molecule has 30 heavy (non-hydrogen) atoms. The van der Waals surface area contributed by atoms with Gasteiger partial charge < -0.3 is 10.2 Å². The van der Waals surface area contributed by atoms with Gasteiger partial charge in [0.2, 0.25) is 0 Å². The van der Waals surface area contributed by atoms with Crippen LogP contribution in [0.1, 0.15) is 85.5 Å². The number of aliphatic hydroxyl groups is 1. The number of ketones is 1. The second-order valence-electron chi connectivity index (χ2n) is 11.5. The molecule has 5 unspecified atom stereocenters. The highest BCUT2D eigenvalue weighted by Gasteiger charge is 2.64. The summed E-state index contributed by atoms with van der Waals surface area (Å²) in [5.74, 6) is 1.74. The van der Waals surface area contributed by atoms with E-state index in [1.54, 1.807) is 0 Å². The van der Waals surface area contributed by atoms with Crippen LogP contribution in [0.4, 0.5) is 0 Å². The van der Waals surface area contributed by atoms with Gasteiger partial charge in [0.05, 0.1) is 6.10 Å². The Morgan fingerprint density at radius 2 is 1.80 bits per heavy atom. The van der Waals surface area contributed by atoms with E-state index < -0.39 is 5.97 Å². The first-order chi connectivity index (χ1) is 14.1. The standard InChI is InChI=1S/C26H40O4/c1-5-17-21-14-16(27)10-12-26(21,4)20-11-13-25(3)18(15(2)6-9-22(28)29)7-8-19(25)23(20)24(17)30/h5,15-16,18-21,23,27H,6-14H2,1-4H3,(H,28,29)/b17-5+/t15-,16-,18-,19?,20+,21?,23?,25?,26?/m1/s1. The summed E-state index contributed by atoms with van der Waals surface area (Å²) in [5.41, 5.74) is 1.25. The highest BCUT2D eigenvalue weighted by molar-refractivity contribution is 5.99. The molecule has 0 bridgehead atoms. The largest absolute Gasteiger partial charge is 0.481 e. The Balaban J connectivity index is 1.64. The summed E-state index contributed by atoms with van der Waals surface area (Å²) in [6.45, 7) is 9.04. The van der Waals surface area contributed by atoms with Crippen LogP contribution in [0.2, 0.25) is 0 Å². The minimum atomic E-state index is -0.705. The number of carboxylic acid groups (broad SMARTS) is 1. The lowest BCUT2D eigenvalue weighted by atomic mass is 9.43. The third kappa shape index (κ3) is 3.20. The van der Waals surface area contributed by atoms with E-state index in [0.717, 1.165) is 56.9 Å². The van der Waals surface area contributed by atoms with Crippen LogP contribution in [0.5, 0.6) is 0 Å². The molecule has 9 atom stereocenters. The number of hydrogen-bond acceptors (Lipinski definition) is 3. The van der Waals surface area contributed by atoms with Gasteiger partial charge in [-0.25, -0.2) is 0 Å². The Hall–Kier alpha value is -1.16. The molecule has 4 nitrogen and oxygen atoms in total. The van der Waals surface area contributed by atoms with E-state index >= 15 is 0 Å². The van der Waals surface area contributed by atoms with Crippen LogP contribution in [0, 0.1) is 46.3 Å². The normalized spacial score (nSPS) is 48.0. The number of hydrogen-bond donors (Lipinski definition) is 2. The number of fused-ring (bicyclic) bond motifs is 5. The smallest absolute Gasteiger partial charge is 0.303 e. The Morgan fingerprint density at radius 1 is 1.13 bits per heavy atom. The number of aliphatic hydroxyl groups excluding tert-OH is 1. The number of allylic oxidation sites excluding steroid dienone is 2. The van der Waals surface area contributed by atoms with Gasteiger partial charge in [-0.1, -0.05) is 26.8 Å². The number of aliphatic carboxylic acids is 1. The molecule has 4 fully saturated rings. The SMILES string of the molecule is C/C=C1/C(=O)C2C3CC[C@H]([C@H](C)CCC(=O)O)C3(C)CC[C@@H]2C2(C)CC[C@@H](O)CC12. The highest BCUT2D eigenvalue weighted by atomic mass is 16.4. The molecule has 2 N–H and O–H groups in total. The lowest BCUT2D eigenvalue weighted by Gasteiger charge is -2.61. The summed E-state index contributed by atoms with van der Waals surface area (Å²) in [4.78, 5) is 24.9. The molecule has 0 aliphatic heterocycles. The lowest BCUT2D eigenvalue weighted by Crippen LogP contribution is -2.58. The topological polar surface area (TPSA) is 74.6 Å². The van der Waals surface area contributed by atoms with E-state index in [0.29, 0.717) is 29.5 Å². The molecule has 0 saturated heterocycles. The zero-order valence-electron chi connectivity index (χ0n) is 19.2. The van der Waals surface area contributed by atoms with Gasteiger partial charge in [-0.05, 0) is 104 Å². The molecule has 0 aromatic heterocycles. The average Bonchev–Trinajstić information content (AvgIpc) is 3.05. The van der Waals surface area contributed by atoms with Crippen LogP contribution in [0.3, 0.4) is 0 Å². The number of Topliss-reactive ketones (excluding diaryl/α,β-unsaturated/α-hetero) is 1. The Labute approximate surface area is 181 Å². The van der Waals surface area contributed by atoms with Crippen molar-refractivity contribution in [2.75, 3.05) is 0 Å². The van der Waals surface area contributed by atoms with Crippen LogP contribution in [0.15, 0.2) is 11.6 Å². The number of carbonyl (C=O) groups is 2. The molecule has 0 radical (unpaired) electrons. The zero-order valence-corrected chi connectivity index (χ0v) is 19.2. The molecule has 4 aliphatic carbocycles. The van der Waals surface area contributed by atoms with Crippen molar-refractivity contribution in [2.45, 2.75) is 91.6 Å². The van der Waals surface area contributed by atoms with E-state index in [9.17, 15) is 14.7 Å². The third-order valence-electron chi connectivity index (χ3n) is 10.3. The molecule has 4 aliphatic rings. The number of rotatable bonds is 4. The fraction of sp³-hybridized carbons (Fsp3) is 0.846. The minimum Gasteiger partial charge on any atom is -0.481 e. The van der Waals surface area contributed by atoms with Gasteiger partial charge in [-0.3, -0.25) is 9.59 Å². The Bertz CT molecular complexity index is 741. The lowest BCUT2D eigenvalue weighted by molar-refractivity contribution is -0.150. The van der Waals surface area contributed by atoms with E-state index in [2.05, 4.69) is 20.8 Å². The first-order valence-electron chi connectivity index (χ1n) is 12.2. The van der Waals surface area contributed by atoms with Crippen LogP contribution < -0.4 is 0 Å². The minimum absolute atomic E-state index is 0.114. The molecular weight excluding hydrogens is 376 g/mol. The molecular formula is C26H40O4. The van der Waals surface area contributed by atoms with Crippen molar-refractivity contribution in [3.8, 4) is 0 Å². The summed E-state index contributed by atoms with van der Waals surface area (Å²) < 4.78 is 0. The number of carboxylic acids is 1. The predicted molar refractivity (Wildman–Crippen MR) is 117 cm³/mol. The van der Waals surface area contributed by atoms with Crippen LogP contribution in [-0.4, -0.2) is 28.1 Å². The fourth-order valence-corrected chi connectivity index (χ4v) is 8.72. The van der Waals surface area contributed by atoms with Crippen LogP contribution in [-0.2, 0) is 9.59 Å². The van der Waals surface area contributed by atoms with Crippen molar-refractivity contribution < 1.29 is 19.8 Å². The Kier molecular flexibility index (Phi) is 5.70. The van der Waals surface area contributed by atoms with Gasteiger partial charge in [0.15, 0.2) is 5.78 Å². The van der Waals surface area contributed by atoms with E-state index in [4.69, 9.17) is 5.11 Å². The van der Waals surface area contributed by atoms with E-state index in [1.807, 2.05) is 13.0 Å². The average molecular weight is 417 g/mol. The summed E-state index contributed by atoms with van der Waals surface area (Å²) in [6.07, 6.45) is 9.86. The van der Waals surface area contributed by atoms with Gasteiger partial charge >= 0.3 is 5.97 Å². The fourth-order valence-electron chi connectivity index (χ4n) is 8.72. The maximum absolute atomic E-state index is 13.8. The third-order valence-corrected chi connectivity index (χ3v) is 10.3. The monoisotopic (exact) mass is 416 g/mol. The predicted octanol–water partition coefficient (Wildman–Crippen LogP) is 5.24. The molecule has 168 valence electrons. The maximum Gasteiger partial charge on any atom is 0.303 e. The van der Waals surface area contributed by atoms with Crippen molar-refractivity contribution in [2.24, 2.45) is 46.3 Å². The van der Waals surface area contributed by atoms with E-state index in [-0.39, 0.29) is 35.2 Å². The second kappa shape index (κ2) is 7.76. The van der Waals surface area contributed by atoms with Crippen molar-refractivity contribution in [1.29, 1.82) is 0 Å². The molecule has 4 saturated carbocycles. The summed E-state index contributed by atoms with van der Waals surface area (Å²) in [7, 11) is 0. The highest BCUT2D eigenvalue weighted by Crippen LogP contribution is 2.68. The first kappa shape index (κ1) is 22.0. The quantitative estimate of drug-likeness (QED) is 0.614. The molecule has 0 aromatic carbocycles. The summed E-state index contributed by atoms with van der Waals surface area (Å²) in [6, 6.07) is 0. The van der Waals surface area contributed by atoms with Crippen LogP contribution in [0.25, 0.3) is 0 Å². The van der Waals surface area contributed by atoms with Crippen molar-refractivity contribution in [3.63, 3.8) is 0 Å². The molecule has 4 rings (SSSR count). The summed E-state index contributed by atoms with van der Waals surface area (Å²) in [5, 5.41) is 19.5. The van der Waals surface area contributed by atoms with Gasteiger partial charge in [0, 0.05) is 12.3 Å². The molecule has 4 heteroatoms. The van der Waals surface area contributed by atoms with E-state index in [1.165, 1.54) is 0 Å². The summed E-state index contributed by atoms with van der Waals surface area (Å²) >= 11 is 0. The molecule has 0 spiro atoms. The van der Waals surface area contributed by atoms with Crippen molar-refractivity contribution >= 4 is 11.8 Å². The molecule has 0 heterocycles. The molecule has 0 amide bonds. The Morgan fingerprint density at radius 3 is 2.47 bits per heavy atom. The first-order valence-corrected chi connectivity index (χ1v) is 12.2.